The Hall–Kier alpha value is -2.93. The van der Waals surface area contributed by atoms with E-state index < -0.39 is 10.1 Å². The Kier molecular flexibility index (Phi) is 8.39. The SMILES string of the molecule is O=S(=O)(O)c1ccc(CCCC(c2ccccc2)c2cc(Br)ccc2OCc2ccccc2)cc1. The third-order valence-corrected chi connectivity index (χ3v) is 7.33. The molecule has 0 aliphatic carbocycles. The van der Waals surface area contributed by atoms with Crippen LogP contribution in [0.25, 0.3) is 0 Å². The van der Waals surface area contributed by atoms with Gasteiger partial charge in [0.2, 0.25) is 0 Å². The predicted molar refractivity (Wildman–Crippen MR) is 142 cm³/mol. The minimum absolute atomic E-state index is 0.0854. The molecule has 0 heterocycles. The summed E-state index contributed by atoms with van der Waals surface area (Å²) in [7, 11) is -4.18. The summed E-state index contributed by atoms with van der Waals surface area (Å²) in [5.74, 6) is 1.000. The number of rotatable bonds is 10. The average molecular weight is 552 g/mol. The molecule has 1 N–H and O–H groups in total. The number of hydrogen-bond acceptors (Lipinski definition) is 3. The minimum atomic E-state index is -4.18. The molecule has 4 aromatic rings. The van der Waals surface area contributed by atoms with Crippen molar-refractivity contribution < 1.29 is 17.7 Å². The quantitative estimate of drug-likeness (QED) is 0.208. The monoisotopic (exact) mass is 550 g/mol. The van der Waals surface area contributed by atoms with Gasteiger partial charge >= 0.3 is 0 Å². The standard InChI is InChI=1S/C29H27BrO4S/c30-25-16-19-29(34-21-23-8-3-1-4-9-23)28(20-25)27(24-11-5-2-6-12-24)13-7-10-22-14-17-26(18-15-22)35(31,32)33/h1-6,8-9,11-12,14-20,27H,7,10,13,21H2,(H,31,32,33). The van der Waals surface area contributed by atoms with Gasteiger partial charge in [-0.15, -0.1) is 0 Å². The van der Waals surface area contributed by atoms with Gasteiger partial charge in [0.25, 0.3) is 10.1 Å². The van der Waals surface area contributed by atoms with E-state index in [1.54, 1.807) is 12.1 Å². The zero-order valence-corrected chi connectivity index (χ0v) is 21.6. The normalized spacial score (nSPS) is 12.3. The Labute approximate surface area is 215 Å². The number of hydrogen-bond donors (Lipinski definition) is 1. The topological polar surface area (TPSA) is 63.6 Å². The highest BCUT2D eigenvalue weighted by atomic mass is 79.9. The molecular formula is C29H27BrO4S. The van der Waals surface area contributed by atoms with E-state index in [1.807, 2.05) is 36.4 Å². The molecular weight excluding hydrogens is 524 g/mol. The Balaban J connectivity index is 1.55. The molecule has 4 rings (SSSR count). The first kappa shape index (κ1) is 25.2. The van der Waals surface area contributed by atoms with Crippen LogP contribution >= 0.6 is 15.9 Å². The highest BCUT2D eigenvalue weighted by molar-refractivity contribution is 9.10. The Morgan fingerprint density at radius 3 is 2.11 bits per heavy atom. The third-order valence-electron chi connectivity index (χ3n) is 5.97. The molecule has 4 nitrogen and oxygen atoms in total. The van der Waals surface area contributed by atoms with Crippen LogP contribution in [-0.2, 0) is 23.1 Å². The van der Waals surface area contributed by atoms with Gasteiger partial charge in [0.1, 0.15) is 12.4 Å². The van der Waals surface area contributed by atoms with Crippen molar-refractivity contribution in [3.05, 3.63) is 130 Å². The summed E-state index contributed by atoms with van der Waals surface area (Å²) in [5, 5.41) is 0. The molecule has 0 aliphatic heterocycles. The molecule has 0 aromatic heterocycles. The molecule has 0 bridgehead atoms. The van der Waals surface area contributed by atoms with Crippen LogP contribution in [0.15, 0.2) is 112 Å². The van der Waals surface area contributed by atoms with Crippen molar-refractivity contribution in [3.8, 4) is 5.75 Å². The van der Waals surface area contributed by atoms with E-state index in [4.69, 9.17) is 4.74 Å². The van der Waals surface area contributed by atoms with Crippen LogP contribution in [0.4, 0.5) is 0 Å². The summed E-state index contributed by atoms with van der Waals surface area (Å²) in [6.07, 6.45) is 2.58. The maximum absolute atomic E-state index is 11.3. The molecule has 0 saturated heterocycles. The predicted octanol–water partition coefficient (Wildman–Crippen LogP) is 7.43. The van der Waals surface area contributed by atoms with Crippen molar-refractivity contribution in [2.45, 2.75) is 36.7 Å². The largest absolute Gasteiger partial charge is 0.489 e. The van der Waals surface area contributed by atoms with Crippen LogP contribution in [-0.4, -0.2) is 13.0 Å². The zero-order valence-electron chi connectivity index (χ0n) is 19.2. The van der Waals surface area contributed by atoms with Crippen molar-refractivity contribution in [2.24, 2.45) is 0 Å². The smallest absolute Gasteiger partial charge is 0.294 e. The Morgan fingerprint density at radius 1 is 0.800 bits per heavy atom. The first-order valence-electron chi connectivity index (χ1n) is 11.5. The fraction of sp³-hybridized carbons (Fsp3) is 0.172. The van der Waals surface area contributed by atoms with Gasteiger partial charge in [-0.1, -0.05) is 88.7 Å². The molecule has 0 saturated carbocycles. The number of halogens is 1. The van der Waals surface area contributed by atoms with Gasteiger partial charge in [0.15, 0.2) is 0 Å². The van der Waals surface area contributed by atoms with E-state index in [9.17, 15) is 13.0 Å². The van der Waals surface area contributed by atoms with Crippen molar-refractivity contribution in [1.82, 2.24) is 0 Å². The average Bonchev–Trinajstić information content (AvgIpc) is 2.87. The second-order valence-corrected chi connectivity index (χ2v) is 10.8. The van der Waals surface area contributed by atoms with Crippen LogP contribution in [0.2, 0.25) is 0 Å². The lowest BCUT2D eigenvalue weighted by Crippen LogP contribution is -2.06. The van der Waals surface area contributed by atoms with E-state index in [0.29, 0.717) is 6.61 Å². The summed E-state index contributed by atoms with van der Waals surface area (Å²) in [6, 6.07) is 33.1. The maximum atomic E-state index is 11.3. The fourth-order valence-corrected chi connectivity index (χ4v) is 5.04. The lowest BCUT2D eigenvalue weighted by Gasteiger charge is -2.22. The van der Waals surface area contributed by atoms with E-state index >= 15 is 0 Å². The molecule has 180 valence electrons. The highest BCUT2D eigenvalue weighted by Gasteiger charge is 2.19. The number of ether oxygens (including phenoxy) is 1. The van der Waals surface area contributed by atoms with Crippen molar-refractivity contribution in [3.63, 3.8) is 0 Å². The first-order chi connectivity index (χ1) is 16.9. The van der Waals surface area contributed by atoms with E-state index in [2.05, 4.69) is 58.4 Å². The minimum Gasteiger partial charge on any atom is -0.489 e. The lowest BCUT2D eigenvalue weighted by atomic mass is 9.86. The fourth-order valence-electron chi connectivity index (χ4n) is 4.18. The Morgan fingerprint density at radius 2 is 1.46 bits per heavy atom. The van der Waals surface area contributed by atoms with E-state index in [1.165, 1.54) is 17.7 Å². The molecule has 0 fully saturated rings. The summed E-state index contributed by atoms with van der Waals surface area (Å²) in [6.45, 7) is 0.497. The van der Waals surface area contributed by atoms with Crippen LogP contribution in [0.1, 0.15) is 41.0 Å². The first-order valence-corrected chi connectivity index (χ1v) is 13.7. The summed E-state index contributed by atoms with van der Waals surface area (Å²) in [4.78, 5) is -0.0854. The van der Waals surface area contributed by atoms with Crippen LogP contribution < -0.4 is 4.74 Å². The highest BCUT2D eigenvalue weighted by Crippen LogP contribution is 2.37. The molecule has 0 radical (unpaired) electrons. The van der Waals surface area contributed by atoms with Crippen LogP contribution in [0, 0.1) is 0 Å². The van der Waals surface area contributed by atoms with Gasteiger partial charge in [-0.3, -0.25) is 4.55 Å². The second-order valence-electron chi connectivity index (χ2n) is 8.43. The van der Waals surface area contributed by atoms with Gasteiger partial charge in [0, 0.05) is 16.0 Å². The van der Waals surface area contributed by atoms with Gasteiger partial charge in [-0.05, 0) is 66.3 Å². The Bertz CT molecular complexity index is 1340. The molecule has 0 spiro atoms. The number of benzene rings is 4. The summed E-state index contributed by atoms with van der Waals surface area (Å²) in [5.41, 5.74) is 4.49. The van der Waals surface area contributed by atoms with E-state index in [0.717, 1.165) is 46.2 Å². The van der Waals surface area contributed by atoms with Crippen molar-refractivity contribution >= 4 is 26.0 Å². The molecule has 4 aromatic carbocycles. The van der Waals surface area contributed by atoms with Gasteiger partial charge < -0.3 is 4.74 Å². The molecule has 1 atom stereocenters. The number of aryl methyl sites for hydroxylation is 1. The van der Waals surface area contributed by atoms with Crippen LogP contribution in [0.3, 0.4) is 0 Å². The molecule has 6 heteroatoms. The van der Waals surface area contributed by atoms with Crippen molar-refractivity contribution in [1.29, 1.82) is 0 Å². The van der Waals surface area contributed by atoms with Gasteiger partial charge in [-0.25, -0.2) is 0 Å². The summed E-state index contributed by atoms with van der Waals surface area (Å²) >= 11 is 3.64. The molecule has 0 amide bonds. The molecule has 1 unspecified atom stereocenters. The molecule has 0 aliphatic rings. The zero-order chi connectivity index (χ0) is 24.7. The van der Waals surface area contributed by atoms with Gasteiger partial charge in [0.05, 0.1) is 4.90 Å². The molecule has 35 heavy (non-hydrogen) atoms. The van der Waals surface area contributed by atoms with Gasteiger partial charge in [-0.2, -0.15) is 8.42 Å². The van der Waals surface area contributed by atoms with Crippen molar-refractivity contribution in [2.75, 3.05) is 0 Å². The van der Waals surface area contributed by atoms with Crippen LogP contribution in [0.5, 0.6) is 5.75 Å². The second kappa shape index (κ2) is 11.7. The summed E-state index contributed by atoms with van der Waals surface area (Å²) < 4.78 is 39.1. The maximum Gasteiger partial charge on any atom is 0.294 e. The lowest BCUT2D eigenvalue weighted by molar-refractivity contribution is 0.301. The third kappa shape index (κ3) is 7.04. The van der Waals surface area contributed by atoms with E-state index in [-0.39, 0.29) is 10.8 Å².